The smallest absolute Gasteiger partial charge is 0.326 e. The van der Waals surface area contributed by atoms with E-state index >= 15 is 0 Å². The number of carboxylic acid groups (broad SMARTS) is 2. The van der Waals surface area contributed by atoms with Crippen molar-refractivity contribution >= 4 is 33.9 Å². The number of hydrogen-bond acceptors (Lipinski definition) is 6. The molecule has 0 amide bonds. The molecular weight excluding hydrogens is 380 g/mol. The first kappa shape index (κ1) is 20.7. The standard InChI is InChI=1S/C19H24N2O3S.CH2O2/c22-19(23)18(17-13-14-3-1-2-4-16(14)25-17)21-7-5-15(6-8-21)20-9-11-24-12-10-20;2-1-3/h1-4,13,15,18H,5-12H2,(H,22,23);1H,(H,2,3). The Balaban J connectivity index is 0.000000706. The summed E-state index contributed by atoms with van der Waals surface area (Å²) in [4.78, 5) is 26.0. The van der Waals surface area contributed by atoms with Crippen molar-refractivity contribution in [1.29, 1.82) is 0 Å². The Morgan fingerprint density at radius 3 is 2.43 bits per heavy atom. The van der Waals surface area contributed by atoms with Gasteiger partial charge in [0.05, 0.1) is 13.2 Å². The molecule has 3 heterocycles. The van der Waals surface area contributed by atoms with Gasteiger partial charge in [0.1, 0.15) is 6.04 Å². The Labute approximate surface area is 168 Å². The molecule has 0 aliphatic carbocycles. The summed E-state index contributed by atoms with van der Waals surface area (Å²) < 4.78 is 6.60. The van der Waals surface area contributed by atoms with Gasteiger partial charge in [0.2, 0.25) is 0 Å². The van der Waals surface area contributed by atoms with Crippen LogP contribution in [-0.4, -0.2) is 77.9 Å². The minimum absolute atomic E-state index is 0.250. The molecule has 28 heavy (non-hydrogen) atoms. The largest absolute Gasteiger partial charge is 0.483 e. The van der Waals surface area contributed by atoms with Gasteiger partial charge in [-0.05, 0) is 30.4 Å². The molecule has 1 atom stereocenters. The molecule has 0 bridgehead atoms. The Hall–Kier alpha value is -2.00. The summed E-state index contributed by atoms with van der Waals surface area (Å²) in [5.74, 6) is -0.739. The van der Waals surface area contributed by atoms with Crippen molar-refractivity contribution < 1.29 is 24.5 Å². The second-order valence-electron chi connectivity index (χ2n) is 6.95. The molecule has 0 radical (unpaired) electrons. The van der Waals surface area contributed by atoms with Crippen LogP contribution in [0.25, 0.3) is 10.1 Å². The van der Waals surface area contributed by atoms with Crippen molar-refractivity contribution in [3.63, 3.8) is 0 Å². The van der Waals surface area contributed by atoms with E-state index in [0.717, 1.165) is 67.2 Å². The second-order valence-corrected chi connectivity index (χ2v) is 8.06. The van der Waals surface area contributed by atoms with E-state index in [1.807, 2.05) is 18.2 Å². The normalized spacial score (nSPS) is 20.3. The zero-order valence-corrected chi connectivity index (χ0v) is 16.5. The third-order valence-corrected chi connectivity index (χ3v) is 6.54. The van der Waals surface area contributed by atoms with Crippen molar-refractivity contribution in [2.24, 2.45) is 0 Å². The molecule has 2 aromatic rings. The molecule has 2 aliphatic heterocycles. The molecule has 4 rings (SSSR count). The molecule has 152 valence electrons. The van der Waals surface area contributed by atoms with Crippen LogP contribution in [0.4, 0.5) is 0 Å². The van der Waals surface area contributed by atoms with Crippen molar-refractivity contribution in [2.75, 3.05) is 39.4 Å². The Morgan fingerprint density at radius 1 is 1.18 bits per heavy atom. The summed E-state index contributed by atoms with van der Waals surface area (Å²) >= 11 is 1.61. The minimum atomic E-state index is -0.739. The van der Waals surface area contributed by atoms with Crippen molar-refractivity contribution in [1.82, 2.24) is 9.80 Å². The maximum absolute atomic E-state index is 12.0. The predicted octanol–water partition coefficient (Wildman–Crippen LogP) is 2.52. The maximum atomic E-state index is 12.0. The van der Waals surface area contributed by atoms with Gasteiger partial charge in [-0.15, -0.1) is 11.3 Å². The number of piperidine rings is 1. The lowest BCUT2D eigenvalue weighted by molar-refractivity contribution is -0.144. The molecule has 2 saturated heterocycles. The third-order valence-electron chi connectivity index (χ3n) is 5.37. The molecule has 0 saturated carbocycles. The van der Waals surface area contributed by atoms with E-state index in [9.17, 15) is 9.90 Å². The van der Waals surface area contributed by atoms with Crippen LogP contribution < -0.4 is 0 Å². The van der Waals surface area contributed by atoms with Crippen LogP contribution in [0.2, 0.25) is 0 Å². The summed E-state index contributed by atoms with van der Waals surface area (Å²) in [7, 11) is 0. The molecule has 1 aromatic carbocycles. The highest BCUT2D eigenvalue weighted by atomic mass is 32.1. The molecular formula is C20H26N2O5S. The second kappa shape index (κ2) is 9.97. The van der Waals surface area contributed by atoms with Gasteiger partial charge < -0.3 is 14.9 Å². The molecule has 0 spiro atoms. The van der Waals surface area contributed by atoms with E-state index in [1.165, 1.54) is 0 Å². The number of ether oxygens (including phenoxy) is 1. The van der Waals surface area contributed by atoms with Crippen molar-refractivity contribution in [3.8, 4) is 0 Å². The van der Waals surface area contributed by atoms with Crippen LogP contribution in [0.5, 0.6) is 0 Å². The maximum Gasteiger partial charge on any atom is 0.326 e. The van der Waals surface area contributed by atoms with Crippen LogP contribution in [0.15, 0.2) is 30.3 Å². The number of carbonyl (C=O) groups is 2. The molecule has 7 nitrogen and oxygen atoms in total. The lowest BCUT2D eigenvalue weighted by Crippen LogP contribution is -2.50. The first-order valence-electron chi connectivity index (χ1n) is 9.49. The van der Waals surface area contributed by atoms with Crippen LogP contribution in [0.3, 0.4) is 0 Å². The molecule has 8 heteroatoms. The fourth-order valence-electron chi connectivity index (χ4n) is 4.05. The number of hydrogen-bond donors (Lipinski definition) is 2. The van der Waals surface area contributed by atoms with Crippen molar-refractivity contribution in [3.05, 3.63) is 35.2 Å². The fraction of sp³-hybridized carbons (Fsp3) is 0.500. The number of benzene rings is 1. The van der Waals surface area contributed by atoms with Gasteiger partial charge in [-0.25, -0.2) is 0 Å². The molecule has 2 fully saturated rings. The van der Waals surface area contributed by atoms with Gasteiger partial charge in [-0.2, -0.15) is 0 Å². The van der Waals surface area contributed by atoms with Gasteiger partial charge in [0.15, 0.2) is 0 Å². The van der Waals surface area contributed by atoms with E-state index in [0.29, 0.717) is 6.04 Å². The highest BCUT2D eigenvalue weighted by Gasteiger charge is 2.34. The van der Waals surface area contributed by atoms with E-state index in [4.69, 9.17) is 14.6 Å². The summed E-state index contributed by atoms with van der Waals surface area (Å²) in [6.45, 7) is 5.08. The number of carboxylic acids is 1. The topological polar surface area (TPSA) is 90.3 Å². The number of nitrogens with zero attached hydrogens (tertiary/aromatic N) is 2. The van der Waals surface area contributed by atoms with Gasteiger partial charge >= 0.3 is 5.97 Å². The van der Waals surface area contributed by atoms with Crippen LogP contribution >= 0.6 is 11.3 Å². The zero-order valence-electron chi connectivity index (χ0n) is 15.7. The number of rotatable bonds is 4. The highest BCUT2D eigenvalue weighted by molar-refractivity contribution is 7.19. The number of aliphatic carboxylic acids is 1. The van der Waals surface area contributed by atoms with Crippen LogP contribution in [-0.2, 0) is 14.3 Å². The Morgan fingerprint density at radius 2 is 1.82 bits per heavy atom. The first-order valence-corrected chi connectivity index (χ1v) is 10.3. The number of thiophene rings is 1. The summed E-state index contributed by atoms with van der Waals surface area (Å²) in [6.07, 6.45) is 2.07. The van der Waals surface area contributed by atoms with Crippen LogP contribution in [0.1, 0.15) is 23.8 Å². The van der Waals surface area contributed by atoms with Gasteiger partial charge in [-0.3, -0.25) is 19.4 Å². The zero-order chi connectivity index (χ0) is 19.9. The van der Waals surface area contributed by atoms with E-state index in [-0.39, 0.29) is 6.47 Å². The quantitative estimate of drug-likeness (QED) is 0.754. The lowest BCUT2D eigenvalue weighted by Gasteiger charge is -2.41. The fourth-order valence-corrected chi connectivity index (χ4v) is 5.24. The molecule has 2 aliphatic rings. The Kier molecular flexibility index (Phi) is 7.38. The summed E-state index contributed by atoms with van der Waals surface area (Å²) in [5.41, 5.74) is 0. The highest BCUT2D eigenvalue weighted by Crippen LogP contribution is 2.34. The third kappa shape index (κ3) is 4.88. The Bertz CT molecular complexity index is 749. The average molecular weight is 407 g/mol. The van der Waals surface area contributed by atoms with Crippen LogP contribution in [0, 0.1) is 0 Å². The van der Waals surface area contributed by atoms with E-state index in [1.54, 1.807) is 11.3 Å². The summed E-state index contributed by atoms with van der Waals surface area (Å²) in [5, 5.41) is 17.9. The van der Waals surface area contributed by atoms with E-state index < -0.39 is 12.0 Å². The van der Waals surface area contributed by atoms with Gasteiger partial charge in [0.25, 0.3) is 6.47 Å². The first-order chi connectivity index (χ1) is 13.6. The predicted molar refractivity (Wildman–Crippen MR) is 108 cm³/mol. The SMILES string of the molecule is O=C(O)C(c1cc2ccccc2s1)N1CCC(N2CCOCC2)CC1.O=CO. The van der Waals surface area contributed by atoms with Crippen molar-refractivity contribution in [2.45, 2.75) is 24.9 Å². The number of morpholine rings is 1. The van der Waals surface area contributed by atoms with Gasteiger partial charge in [0, 0.05) is 41.8 Å². The lowest BCUT2D eigenvalue weighted by atomic mass is 10.0. The summed E-state index contributed by atoms with van der Waals surface area (Å²) in [6, 6.07) is 10.2. The van der Waals surface area contributed by atoms with E-state index in [2.05, 4.69) is 21.9 Å². The van der Waals surface area contributed by atoms with Gasteiger partial charge in [-0.1, -0.05) is 18.2 Å². The monoisotopic (exact) mass is 406 g/mol. The molecule has 1 unspecified atom stereocenters. The molecule has 2 N–H and O–H groups in total. The number of fused-ring (bicyclic) bond motifs is 1. The average Bonchev–Trinajstić information content (AvgIpc) is 3.13. The number of likely N-dealkylation sites (tertiary alicyclic amines) is 1. The minimum Gasteiger partial charge on any atom is -0.483 e. The molecule has 1 aromatic heterocycles.